The SMILES string of the molecule is CCCCCCCCCC[N+](C)(C)CCOC(=O)c1ccc(N(CCCCCC)CCCCCC)cc1. The molecule has 0 bridgehead atoms. The van der Waals surface area contributed by atoms with Gasteiger partial charge in [-0.1, -0.05) is 97.8 Å². The molecular formula is C33H61N2O2+. The minimum absolute atomic E-state index is 0.198. The Balaban J connectivity index is 2.41. The smallest absolute Gasteiger partial charge is 0.338 e. The van der Waals surface area contributed by atoms with Crippen molar-refractivity contribution in [2.45, 2.75) is 124 Å². The predicted octanol–water partition coefficient (Wildman–Crippen LogP) is 9.03. The third-order valence-electron chi connectivity index (χ3n) is 7.58. The van der Waals surface area contributed by atoms with Crippen molar-refractivity contribution in [2.24, 2.45) is 0 Å². The Morgan fingerprint density at radius 2 is 1.11 bits per heavy atom. The summed E-state index contributed by atoms with van der Waals surface area (Å²) in [6.07, 6.45) is 21.0. The van der Waals surface area contributed by atoms with Gasteiger partial charge in [0.2, 0.25) is 0 Å². The third kappa shape index (κ3) is 16.8. The van der Waals surface area contributed by atoms with E-state index in [0.29, 0.717) is 12.2 Å². The molecule has 0 aliphatic heterocycles. The number of quaternary nitrogens is 1. The van der Waals surface area contributed by atoms with Crippen molar-refractivity contribution >= 4 is 11.7 Å². The van der Waals surface area contributed by atoms with Crippen LogP contribution in [0.25, 0.3) is 0 Å². The number of hydrogen-bond acceptors (Lipinski definition) is 3. The van der Waals surface area contributed by atoms with Crippen molar-refractivity contribution in [1.82, 2.24) is 0 Å². The first-order chi connectivity index (χ1) is 17.9. The van der Waals surface area contributed by atoms with E-state index in [0.717, 1.165) is 30.7 Å². The van der Waals surface area contributed by atoms with Crippen LogP contribution in [0.5, 0.6) is 0 Å². The summed E-state index contributed by atoms with van der Waals surface area (Å²) in [4.78, 5) is 15.2. The predicted molar refractivity (Wildman–Crippen MR) is 162 cm³/mol. The van der Waals surface area contributed by atoms with Gasteiger partial charge in [-0.3, -0.25) is 0 Å². The Morgan fingerprint density at radius 3 is 1.62 bits per heavy atom. The van der Waals surface area contributed by atoms with Crippen molar-refractivity contribution in [1.29, 1.82) is 0 Å². The number of nitrogens with zero attached hydrogens (tertiary/aromatic N) is 2. The Labute approximate surface area is 230 Å². The number of unbranched alkanes of at least 4 members (excludes halogenated alkanes) is 13. The molecule has 0 amide bonds. The number of rotatable bonds is 24. The summed E-state index contributed by atoms with van der Waals surface area (Å²) in [5, 5.41) is 0. The molecule has 1 aromatic carbocycles. The molecule has 1 rings (SSSR count). The number of anilines is 1. The van der Waals surface area contributed by atoms with Gasteiger partial charge < -0.3 is 14.1 Å². The second kappa shape index (κ2) is 21.4. The van der Waals surface area contributed by atoms with E-state index in [4.69, 9.17) is 4.74 Å². The van der Waals surface area contributed by atoms with Crippen molar-refractivity contribution in [3.05, 3.63) is 29.8 Å². The Bertz CT molecular complexity index is 659. The molecular weight excluding hydrogens is 456 g/mol. The largest absolute Gasteiger partial charge is 0.456 e. The van der Waals surface area contributed by atoms with Crippen LogP contribution in [-0.2, 0) is 4.74 Å². The number of benzene rings is 1. The summed E-state index contributed by atoms with van der Waals surface area (Å²) in [7, 11) is 4.50. The lowest BCUT2D eigenvalue weighted by Gasteiger charge is -2.29. The van der Waals surface area contributed by atoms with Crippen molar-refractivity contribution < 1.29 is 14.0 Å². The maximum absolute atomic E-state index is 12.7. The summed E-state index contributed by atoms with van der Waals surface area (Å²) in [6, 6.07) is 8.11. The first-order valence-electron chi connectivity index (χ1n) is 15.8. The molecule has 0 aromatic heterocycles. The van der Waals surface area contributed by atoms with E-state index in [2.05, 4.69) is 51.9 Å². The minimum atomic E-state index is -0.198. The van der Waals surface area contributed by atoms with Crippen LogP contribution >= 0.6 is 0 Å². The van der Waals surface area contributed by atoms with Crippen LogP contribution in [0.3, 0.4) is 0 Å². The molecule has 4 nitrogen and oxygen atoms in total. The average Bonchev–Trinajstić information content (AvgIpc) is 2.89. The number of likely N-dealkylation sites (N-methyl/N-ethyl adjacent to an activating group) is 1. The normalized spacial score (nSPS) is 11.6. The molecule has 37 heavy (non-hydrogen) atoms. The summed E-state index contributed by atoms with van der Waals surface area (Å²) in [6.45, 7) is 11.5. The van der Waals surface area contributed by atoms with E-state index < -0.39 is 0 Å². The van der Waals surface area contributed by atoms with Gasteiger partial charge in [0.05, 0.1) is 26.2 Å². The molecule has 0 saturated carbocycles. The lowest BCUT2D eigenvalue weighted by Crippen LogP contribution is -2.43. The Kier molecular flexibility index (Phi) is 19.4. The number of esters is 1. The topological polar surface area (TPSA) is 29.5 Å². The van der Waals surface area contributed by atoms with E-state index in [-0.39, 0.29) is 5.97 Å². The molecule has 4 heteroatoms. The molecule has 0 aliphatic rings. The monoisotopic (exact) mass is 517 g/mol. The molecule has 214 valence electrons. The molecule has 0 atom stereocenters. The Morgan fingerprint density at radius 1 is 0.649 bits per heavy atom. The maximum Gasteiger partial charge on any atom is 0.338 e. The summed E-state index contributed by atoms with van der Waals surface area (Å²) >= 11 is 0. The fraction of sp³-hybridized carbons (Fsp3) is 0.788. The average molecular weight is 518 g/mol. The third-order valence-corrected chi connectivity index (χ3v) is 7.58. The number of carbonyl (C=O) groups is 1. The molecule has 0 radical (unpaired) electrons. The standard InChI is InChI=1S/C33H61N2O2/c1-6-9-12-15-16-17-18-21-28-35(4,5)29-30-37-33(36)31-22-24-32(25-23-31)34(26-19-13-10-7-2)27-20-14-11-8-3/h22-25H,6-21,26-30H2,1-5H3/q+1. The van der Waals surface area contributed by atoms with Crippen molar-refractivity contribution in [2.75, 3.05) is 51.8 Å². The van der Waals surface area contributed by atoms with Gasteiger partial charge in [-0.2, -0.15) is 0 Å². The van der Waals surface area contributed by atoms with E-state index in [1.54, 1.807) is 0 Å². The zero-order valence-electron chi connectivity index (χ0n) is 25.4. The van der Waals surface area contributed by atoms with E-state index in [1.807, 2.05) is 12.1 Å². The van der Waals surface area contributed by atoms with Crippen LogP contribution in [0.1, 0.15) is 134 Å². The van der Waals surface area contributed by atoms with Gasteiger partial charge in [-0.05, 0) is 49.9 Å². The highest BCUT2D eigenvalue weighted by molar-refractivity contribution is 5.89. The first-order valence-corrected chi connectivity index (χ1v) is 15.8. The van der Waals surface area contributed by atoms with E-state index in [1.165, 1.54) is 108 Å². The van der Waals surface area contributed by atoms with Crippen LogP contribution in [0.4, 0.5) is 5.69 Å². The molecule has 0 N–H and O–H groups in total. The van der Waals surface area contributed by atoms with Gasteiger partial charge in [0.25, 0.3) is 0 Å². The van der Waals surface area contributed by atoms with E-state index >= 15 is 0 Å². The molecule has 0 saturated heterocycles. The zero-order valence-corrected chi connectivity index (χ0v) is 25.4. The quantitative estimate of drug-likeness (QED) is 0.0778. The maximum atomic E-state index is 12.7. The van der Waals surface area contributed by atoms with Crippen LogP contribution in [0.15, 0.2) is 24.3 Å². The van der Waals surface area contributed by atoms with Gasteiger partial charge in [0.15, 0.2) is 0 Å². The summed E-state index contributed by atoms with van der Waals surface area (Å²) in [5.41, 5.74) is 1.89. The van der Waals surface area contributed by atoms with Gasteiger partial charge >= 0.3 is 5.97 Å². The zero-order chi connectivity index (χ0) is 27.2. The van der Waals surface area contributed by atoms with Gasteiger partial charge in [-0.15, -0.1) is 0 Å². The van der Waals surface area contributed by atoms with Crippen LogP contribution in [0, 0.1) is 0 Å². The second-order valence-electron chi connectivity index (χ2n) is 11.6. The highest BCUT2D eigenvalue weighted by Gasteiger charge is 2.16. The molecule has 0 spiro atoms. The summed E-state index contributed by atoms with van der Waals surface area (Å²) < 4.78 is 6.57. The van der Waals surface area contributed by atoms with E-state index in [9.17, 15) is 4.79 Å². The lowest BCUT2D eigenvalue weighted by molar-refractivity contribution is -0.890. The molecule has 1 aromatic rings. The van der Waals surface area contributed by atoms with Crippen LogP contribution in [0.2, 0.25) is 0 Å². The van der Waals surface area contributed by atoms with Crippen molar-refractivity contribution in [3.63, 3.8) is 0 Å². The molecule has 0 heterocycles. The van der Waals surface area contributed by atoms with Crippen LogP contribution < -0.4 is 4.90 Å². The molecule has 0 unspecified atom stereocenters. The first kappa shape index (κ1) is 33.5. The van der Waals surface area contributed by atoms with Crippen LogP contribution in [-0.4, -0.2) is 57.3 Å². The van der Waals surface area contributed by atoms with Gasteiger partial charge in [0, 0.05) is 18.8 Å². The number of ether oxygens (including phenoxy) is 1. The van der Waals surface area contributed by atoms with Gasteiger partial charge in [0.1, 0.15) is 13.2 Å². The highest BCUT2D eigenvalue weighted by Crippen LogP contribution is 2.19. The second-order valence-corrected chi connectivity index (χ2v) is 11.6. The fourth-order valence-corrected chi connectivity index (χ4v) is 4.89. The number of carbonyl (C=O) groups excluding carboxylic acids is 1. The fourth-order valence-electron chi connectivity index (χ4n) is 4.89. The molecule has 0 fully saturated rings. The summed E-state index contributed by atoms with van der Waals surface area (Å²) in [5.74, 6) is -0.198. The minimum Gasteiger partial charge on any atom is -0.456 e. The molecule has 0 aliphatic carbocycles. The van der Waals surface area contributed by atoms with Gasteiger partial charge in [-0.25, -0.2) is 4.79 Å². The highest BCUT2D eigenvalue weighted by atomic mass is 16.5. The number of hydrogen-bond donors (Lipinski definition) is 0. The lowest BCUT2D eigenvalue weighted by atomic mass is 10.1. The Hall–Kier alpha value is -1.55. The van der Waals surface area contributed by atoms with Crippen molar-refractivity contribution in [3.8, 4) is 0 Å².